The molecule has 0 atom stereocenters. The number of carbonyl (C=O) groups excluding carboxylic acids is 1. The second-order valence-corrected chi connectivity index (χ2v) is 10.1. The molecule has 3 aliphatic rings. The maximum atomic E-state index is 12.3. The van der Waals surface area contributed by atoms with Crippen LogP contribution in [0.2, 0.25) is 0 Å². The average Bonchev–Trinajstić information content (AvgIpc) is 3.23. The van der Waals surface area contributed by atoms with Crippen molar-refractivity contribution < 1.29 is 28.3 Å². The number of piperidine rings is 1. The number of aromatic nitrogens is 2. The highest BCUT2D eigenvalue weighted by atomic mass is 16.6. The van der Waals surface area contributed by atoms with Gasteiger partial charge in [-0.2, -0.15) is 4.98 Å². The van der Waals surface area contributed by atoms with Crippen molar-refractivity contribution in [1.82, 2.24) is 15.0 Å². The van der Waals surface area contributed by atoms with Crippen LogP contribution < -0.4 is 10.1 Å². The zero-order chi connectivity index (χ0) is 23.7. The van der Waals surface area contributed by atoms with Crippen molar-refractivity contribution in [3.05, 3.63) is 24.0 Å². The predicted octanol–water partition coefficient (Wildman–Crippen LogP) is 3.44. The molecule has 0 aliphatic carbocycles. The van der Waals surface area contributed by atoms with Crippen LogP contribution in [0.15, 0.2) is 22.7 Å². The molecule has 4 heterocycles. The van der Waals surface area contributed by atoms with Crippen LogP contribution in [-0.4, -0.2) is 78.4 Å². The van der Waals surface area contributed by atoms with Gasteiger partial charge in [-0.3, -0.25) is 0 Å². The number of benzene rings is 1. The van der Waals surface area contributed by atoms with Crippen LogP contribution in [0.3, 0.4) is 0 Å². The maximum absolute atomic E-state index is 12.3. The van der Waals surface area contributed by atoms with E-state index in [4.69, 9.17) is 23.5 Å². The van der Waals surface area contributed by atoms with Gasteiger partial charge in [-0.25, -0.2) is 4.79 Å². The van der Waals surface area contributed by atoms with Crippen LogP contribution >= 0.6 is 0 Å². The van der Waals surface area contributed by atoms with Gasteiger partial charge in [0.25, 0.3) is 5.89 Å². The number of hydrogen-bond acceptors (Lipinski definition) is 9. The van der Waals surface area contributed by atoms with Crippen molar-refractivity contribution in [3.8, 4) is 17.2 Å². The third-order valence-electron chi connectivity index (χ3n) is 6.08. The molecule has 2 aromatic rings. The molecule has 10 heteroatoms. The van der Waals surface area contributed by atoms with Crippen molar-refractivity contribution in [2.24, 2.45) is 0 Å². The first-order chi connectivity index (χ1) is 16.3. The second kappa shape index (κ2) is 9.42. The van der Waals surface area contributed by atoms with Crippen molar-refractivity contribution in [2.45, 2.75) is 57.3 Å². The zero-order valence-corrected chi connectivity index (χ0v) is 19.9. The quantitative estimate of drug-likeness (QED) is 0.676. The number of ether oxygens (including phenoxy) is 4. The molecule has 1 aromatic carbocycles. The minimum Gasteiger partial charge on any atom is -0.483 e. The molecule has 3 fully saturated rings. The second-order valence-electron chi connectivity index (χ2n) is 10.1. The van der Waals surface area contributed by atoms with E-state index in [1.165, 1.54) is 0 Å². The molecule has 10 nitrogen and oxygen atoms in total. The molecule has 0 bridgehead atoms. The van der Waals surface area contributed by atoms with Crippen LogP contribution in [0, 0.1) is 0 Å². The summed E-state index contributed by atoms with van der Waals surface area (Å²) in [4.78, 5) is 18.7. The van der Waals surface area contributed by atoms with Crippen molar-refractivity contribution in [3.63, 3.8) is 0 Å². The van der Waals surface area contributed by atoms with Gasteiger partial charge < -0.3 is 33.7 Å². The fraction of sp³-hybridized carbons (Fsp3) is 0.625. The van der Waals surface area contributed by atoms with Gasteiger partial charge in [-0.15, -0.1) is 0 Å². The highest BCUT2D eigenvalue weighted by Gasteiger charge is 2.30. The van der Waals surface area contributed by atoms with E-state index in [-0.39, 0.29) is 24.2 Å². The first kappa shape index (κ1) is 22.9. The average molecular weight is 473 g/mol. The molecule has 0 spiro atoms. The van der Waals surface area contributed by atoms with Crippen molar-refractivity contribution >= 4 is 11.8 Å². The summed E-state index contributed by atoms with van der Waals surface area (Å²) in [6.45, 7) is 9.39. The minimum absolute atomic E-state index is 0.0746. The summed E-state index contributed by atoms with van der Waals surface area (Å²) in [6.07, 6.45) is 1.34. The van der Waals surface area contributed by atoms with Gasteiger partial charge in [0.2, 0.25) is 0 Å². The Hall–Kier alpha value is -2.85. The number of carbonyl (C=O) groups is 1. The third-order valence-corrected chi connectivity index (χ3v) is 6.08. The molecule has 3 saturated heterocycles. The molecule has 5 rings (SSSR count). The molecule has 3 aliphatic heterocycles. The lowest BCUT2D eigenvalue weighted by molar-refractivity contribution is -0.0794. The van der Waals surface area contributed by atoms with Gasteiger partial charge >= 0.3 is 6.09 Å². The normalized spacial score (nSPS) is 19.9. The molecular weight excluding hydrogens is 440 g/mol. The first-order valence-corrected chi connectivity index (χ1v) is 11.9. The molecule has 1 aromatic heterocycles. The molecule has 0 saturated carbocycles. The van der Waals surface area contributed by atoms with E-state index in [1.807, 2.05) is 39.0 Å². The van der Waals surface area contributed by atoms with E-state index in [0.717, 1.165) is 29.8 Å². The fourth-order valence-electron chi connectivity index (χ4n) is 4.04. The number of likely N-dealkylation sites (tertiary alicyclic amines) is 1. The molecule has 34 heavy (non-hydrogen) atoms. The molecular formula is C24H32N4O6. The number of amides is 1. The lowest BCUT2D eigenvalue weighted by atomic mass is 9.96. The van der Waals surface area contributed by atoms with E-state index in [1.54, 1.807) is 4.90 Å². The summed E-state index contributed by atoms with van der Waals surface area (Å²) >= 11 is 0. The number of hydrogen-bond donors (Lipinski definition) is 1. The Balaban J connectivity index is 1.25. The van der Waals surface area contributed by atoms with Gasteiger partial charge in [-0.1, -0.05) is 5.16 Å². The number of nitrogens with zero attached hydrogens (tertiary/aromatic N) is 3. The fourth-order valence-corrected chi connectivity index (χ4v) is 4.04. The summed E-state index contributed by atoms with van der Waals surface area (Å²) < 4.78 is 27.7. The number of nitrogens with one attached hydrogen (secondary N) is 1. The molecule has 1 N–H and O–H groups in total. The van der Waals surface area contributed by atoms with Gasteiger partial charge in [0.1, 0.15) is 17.5 Å². The summed E-state index contributed by atoms with van der Waals surface area (Å²) in [6, 6.07) is 6.09. The highest BCUT2D eigenvalue weighted by Crippen LogP contribution is 2.34. The van der Waals surface area contributed by atoms with E-state index < -0.39 is 5.60 Å². The SMILES string of the molecule is CC(C)(C)OC(=O)N1CCC(c2noc(-c3ccc(OC4COC4)c(NC4COC4)c3)n2)CC1. The Morgan fingerprint density at radius 1 is 1.12 bits per heavy atom. The van der Waals surface area contributed by atoms with Crippen molar-refractivity contribution in [2.75, 3.05) is 44.8 Å². The highest BCUT2D eigenvalue weighted by molar-refractivity contribution is 5.69. The molecule has 0 radical (unpaired) electrons. The Labute approximate surface area is 198 Å². The Morgan fingerprint density at radius 3 is 2.47 bits per heavy atom. The van der Waals surface area contributed by atoms with Gasteiger partial charge in [0.05, 0.1) is 38.2 Å². The topological polar surface area (TPSA) is 108 Å². The Kier molecular flexibility index (Phi) is 6.35. The predicted molar refractivity (Wildman–Crippen MR) is 123 cm³/mol. The summed E-state index contributed by atoms with van der Waals surface area (Å²) in [5.74, 6) is 2.06. The van der Waals surface area contributed by atoms with E-state index in [2.05, 4.69) is 15.5 Å². The van der Waals surface area contributed by atoms with E-state index in [9.17, 15) is 4.79 Å². The lowest BCUT2D eigenvalue weighted by Crippen LogP contribution is -2.41. The van der Waals surface area contributed by atoms with Gasteiger partial charge in [0, 0.05) is 24.6 Å². The third kappa shape index (κ3) is 5.28. The smallest absolute Gasteiger partial charge is 0.410 e. The van der Waals surface area contributed by atoms with Crippen LogP contribution in [0.5, 0.6) is 5.75 Å². The van der Waals surface area contributed by atoms with Crippen LogP contribution in [0.25, 0.3) is 11.5 Å². The summed E-state index contributed by atoms with van der Waals surface area (Å²) in [5.41, 5.74) is 1.20. The monoisotopic (exact) mass is 472 g/mol. The standard InChI is InChI=1S/C24H32N4O6/c1-24(2,3)33-23(29)28-8-6-15(7-9-28)21-26-22(34-27-21)16-4-5-20(32-18-13-31-14-18)19(10-16)25-17-11-30-12-17/h4-5,10,15,17-18,25H,6-9,11-14H2,1-3H3. The Morgan fingerprint density at radius 2 is 1.85 bits per heavy atom. The van der Waals surface area contributed by atoms with E-state index in [0.29, 0.717) is 51.2 Å². The molecule has 0 unspecified atom stereocenters. The van der Waals surface area contributed by atoms with Gasteiger partial charge in [-0.05, 0) is 51.8 Å². The molecule has 184 valence electrons. The largest absolute Gasteiger partial charge is 0.483 e. The van der Waals surface area contributed by atoms with E-state index >= 15 is 0 Å². The molecule has 1 amide bonds. The maximum Gasteiger partial charge on any atom is 0.410 e. The van der Waals surface area contributed by atoms with Crippen LogP contribution in [-0.2, 0) is 14.2 Å². The Bertz CT molecular complexity index is 1000. The summed E-state index contributed by atoms with van der Waals surface area (Å²) in [7, 11) is 0. The summed E-state index contributed by atoms with van der Waals surface area (Å²) in [5, 5.41) is 7.73. The lowest BCUT2D eigenvalue weighted by Gasteiger charge is -2.32. The number of anilines is 1. The van der Waals surface area contributed by atoms with Crippen LogP contribution in [0.1, 0.15) is 45.4 Å². The minimum atomic E-state index is -0.498. The zero-order valence-electron chi connectivity index (χ0n) is 19.9. The number of rotatable bonds is 6. The first-order valence-electron chi connectivity index (χ1n) is 11.9. The van der Waals surface area contributed by atoms with Gasteiger partial charge in [0.15, 0.2) is 5.82 Å². The van der Waals surface area contributed by atoms with Crippen LogP contribution in [0.4, 0.5) is 10.5 Å². The van der Waals surface area contributed by atoms with Crippen molar-refractivity contribution in [1.29, 1.82) is 0 Å².